The number of phenols is 2. The fourth-order valence-corrected chi connectivity index (χ4v) is 7.52. The average molecular weight is 617 g/mol. The number of anilines is 6. The Balaban J connectivity index is 1.06. The summed E-state index contributed by atoms with van der Waals surface area (Å²) in [6.07, 6.45) is 0. The molecule has 8 heteroatoms. The molecule has 2 N–H and O–H groups in total. The molecule has 0 saturated carbocycles. The zero-order chi connectivity index (χ0) is 31.2. The summed E-state index contributed by atoms with van der Waals surface area (Å²) < 4.78 is 12.4. The van der Waals surface area contributed by atoms with Crippen molar-refractivity contribution in [3.8, 4) is 11.5 Å². The van der Waals surface area contributed by atoms with Gasteiger partial charge in [0.05, 0.1) is 64.9 Å². The van der Waals surface area contributed by atoms with Gasteiger partial charge in [-0.15, -0.1) is 0 Å². The lowest BCUT2D eigenvalue weighted by molar-refractivity contribution is 0.476. The fourth-order valence-electron chi connectivity index (χ4n) is 7.52. The van der Waals surface area contributed by atoms with Crippen LogP contribution in [0.25, 0.3) is 43.9 Å². The second-order valence-corrected chi connectivity index (χ2v) is 12.1. The number of furan rings is 2. The number of hydrogen-bond donors (Lipinski definition) is 2. The first-order chi connectivity index (χ1) is 23.1. The van der Waals surface area contributed by atoms with E-state index in [0.717, 1.165) is 78.0 Å². The Hall–Kier alpha value is -6.28. The maximum atomic E-state index is 11.4. The van der Waals surface area contributed by atoms with Crippen molar-refractivity contribution < 1.29 is 19.0 Å². The van der Waals surface area contributed by atoms with E-state index in [0.29, 0.717) is 20.0 Å². The zero-order valence-electron chi connectivity index (χ0n) is 25.2. The quantitative estimate of drug-likeness (QED) is 0.203. The van der Waals surface area contributed by atoms with Gasteiger partial charge in [-0.25, -0.2) is 0 Å². The number of hydrogen-bond acceptors (Lipinski definition) is 8. The van der Waals surface area contributed by atoms with Crippen LogP contribution in [0, 0.1) is 0 Å². The van der Waals surface area contributed by atoms with Crippen LogP contribution >= 0.6 is 0 Å². The van der Waals surface area contributed by atoms with E-state index in [9.17, 15) is 10.2 Å². The van der Waals surface area contributed by atoms with Crippen molar-refractivity contribution in [2.45, 2.75) is 0 Å². The lowest BCUT2D eigenvalue weighted by atomic mass is 10.1. The number of benzene rings is 6. The molecule has 8 nitrogen and oxygen atoms in total. The van der Waals surface area contributed by atoms with Crippen molar-refractivity contribution in [1.82, 2.24) is 0 Å². The molecule has 228 valence electrons. The Morgan fingerprint density at radius 2 is 0.851 bits per heavy atom. The molecule has 2 aromatic heterocycles. The molecule has 8 aromatic rings. The van der Waals surface area contributed by atoms with Gasteiger partial charge in [0.25, 0.3) is 0 Å². The Morgan fingerprint density at radius 3 is 1.32 bits per heavy atom. The molecule has 10 rings (SSSR count). The fraction of sp³-hybridized carbons (Fsp3) is 0.0769. The van der Waals surface area contributed by atoms with Gasteiger partial charge in [0.1, 0.15) is 33.8 Å². The molecular formula is C39H28N4O4. The van der Waals surface area contributed by atoms with Gasteiger partial charge in [-0.1, -0.05) is 60.7 Å². The van der Waals surface area contributed by atoms with Crippen LogP contribution in [-0.2, 0) is 0 Å². The summed E-state index contributed by atoms with van der Waals surface area (Å²) in [6.45, 7) is 1.63. The standard InChI is InChI=1S/C39H28N4O4/c44-30-17-19-34-36(24-9-1-7-15-32(24)46-34)38(30)42-22-40(26-11-3-5-13-28(26)42)21-41-23-43(29-14-6-4-12-27(29)41)39-31(45)18-20-35-37(39)25-10-2-8-16-33(25)47-35/h1-20,44-45H,21-23H2. The predicted octanol–water partition coefficient (Wildman–Crippen LogP) is 9.39. The van der Waals surface area contributed by atoms with Crippen molar-refractivity contribution in [2.75, 3.05) is 39.6 Å². The molecule has 2 aliphatic heterocycles. The molecule has 0 atom stereocenters. The van der Waals surface area contributed by atoms with Crippen molar-refractivity contribution in [1.29, 1.82) is 0 Å². The van der Waals surface area contributed by atoms with Crippen LogP contribution < -0.4 is 19.6 Å². The van der Waals surface area contributed by atoms with Gasteiger partial charge < -0.3 is 38.6 Å². The van der Waals surface area contributed by atoms with Crippen LogP contribution in [0.5, 0.6) is 11.5 Å². The molecule has 47 heavy (non-hydrogen) atoms. The Kier molecular flexibility index (Phi) is 5.31. The third-order valence-corrected chi connectivity index (χ3v) is 9.52. The molecule has 0 radical (unpaired) electrons. The summed E-state index contributed by atoms with van der Waals surface area (Å²) in [6, 6.07) is 39.6. The van der Waals surface area contributed by atoms with Crippen LogP contribution in [-0.4, -0.2) is 30.2 Å². The van der Waals surface area contributed by atoms with Gasteiger partial charge in [-0.2, -0.15) is 0 Å². The predicted molar refractivity (Wildman–Crippen MR) is 187 cm³/mol. The number of fused-ring (bicyclic) bond motifs is 8. The van der Waals surface area contributed by atoms with Gasteiger partial charge >= 0.3 is 0 Å². The van der Waals surface area contributed by atoms with Gasteiger partial charge in [-0.05, 0) is 60.7 Å². The van der Waals surface area contributed by atoms with Crippen molar-refractivity contribution in [2.24, 2.45) is 0 Å². The molecule has 0 aliphatic carbocycles. The first-order valence-corrected chi connectivity index (χ1v) is 15.6. The lowest BCUT2D eigenvalue weighted by Gasteiger charge is -2.29. The number of nitrogens with zero attached hydrogens (tertiary/aromatic N) is 4. The van der Waals surface area contributed by atoms with Crippen LogP contribution in [0.3, 0.4) is 0 Å². The molecule has 6 aromatic carbocycles. The lowest BCUT2D eigenvalue weighted by Crippen LogP contribution is -2.40. The third-order valence-electron chi connectivity index (χ3n) is 9.52. The molecule has 4 heterocycles. The number of phenolic OH excluding ortho intramolecular Hbond substituents is 2. The summed E-state index contributed by atoms with van der Waals surface area (Å²) in [5, 5.41) is 26.4. The van der Waals surface area contributed by atoms with Crippen molar-refractivity contribution in [3.63, 3.8) is 0 Å². The number of rotatable bonds is 4. The van der Waals surface area contributed by atoms with Gasteiger partial charge in [0, 0.05) is 10.8 Å². The second kappa shape index (κ2) is 9.61. The van der Waals surface area contributed by atoms with E-state index < -0.39 is 0 Å². The van der Waals surface area contributed by atoms with E-state index in [4.69, 9.17) is 8.83 Å². The van der Waals surface area contributed by atoms with Crippen LogP contribution in [0.1, 0.15) is 0 Å². The second-order valence-electron chi connectivity index (χ2n) is 12.1. The maximum absolute atomic E-state index is 11.4. The molecular weight excluding hydrogens is 588 g/mol. The summed E-state index contributed by atoms with van der Waals surface area (Å²) in [7, 11) is 0. The SMILES string of the molecule is Oc1ccc2oc3ccccc3c2c1N1CN(CN2CN(c3c(O)ccc4oc5ccccc5c34)c3ccccc32)c2ccccc21. The van der Waals surface area contributed by atoms with E-state index in [1.807, 2.05) is 72.8 Å². The monoisotopic (exact) mass is 616 g/mol. The highest BCUT2D eigenvalue weighted by Gasteiger charge is 2.35. The highest BCUT2D eigenvalue weighted by atomic mass is 16.3. The van der Waals surface area contributed by atoms with Gasteiger partial charge in [0.15, 0.2) is 0 Å². The van der Waals surface area contributed by atoms with E-state index in [1.54, 1.807) is 12.1 Å². The zero-order valence-corrected chi connectivity index (χ0v) is 25.2. The van der Waals surface area contributed by atoms with Gasteiger partial charge in [0.2, 0.25) is 0 Å². The van der Waals surface area contributed by atoms with E-state index in [-0.39, 0.29) is 11.5 Å². The Bertz CT molecular complexity index is 2360. The highest BCUT2D eigenvalue weighted by Crippen LogP contribution is 2.51. The van der Waals surface area contributed by atoms with Crippen LogP contribution in [0.15, 0.2) is 130 Å². The highest BCUT2D eigenvalue weighted by molar-refractivity contribution is 6.15. The van der Waals surface area contributed by atoms with Crippen LogP contribution in [0.2, 0.25) is 0 Å². The minimum Gasteiger partial charge on any atom is -0.506 e. The largest absolute Gasteiger partial charge is 0.506 e. The number of para-hydroxylation sites is 6. The minimum atomic E-state index is 0.203. The normalized spacial score (nSPS) is 14.3. The van der Waals surface area contributed by atoms with Crippen molar-refractivity contribution in [3.05, 3.63) is 121 Å². The van der Waals surface area contributed by atoms with Crippen LogP contribution in [0.4, 0.5) is 34.1 Å². The summed E-state index contributed by atoms with van der Waals surface area (Å²) in [5.74, 6) is 0.406. The molecule has 0 saturated heterocycles. The maximum Gasteiger partial charge on any atom is 0.140 e. The summed E-state index contributed by atoms with van der Waals surface area (Å²) in [5.41, 5.74) is 8.67. The average Bonchev–Trinajstić information content (AvgIpc) is 3.86. The Morgan fingerprint density at radius 1 is 0.447 bits per heavy atom. The van der Waals surface area contributed by atoms with E-state index in [2.05, 4.69) is 56.0 Å². The molecule has 2 aliphatic rings. The topological polar surface area (TPSA) is 79.7 Å². The molecule has 0 bridgehead atoms. The van der Waals surface area contributed by atoms with E-state index >= 15 is 0 Å². The summed E-state index contributed by atoms with van der Waals surface area (Å²) in [4.78, 5) is 9.01. The molecule has 0 spiro atoms. The van der Waals surface area contributed by atoms with Gasteiger partial charge in [-0.3, -0.25) is 0 Å². The smallest absolute Gasteiger partial charge is 0.140 e. The molecule has 0 unspecified atom stereocenters. The first kappa shape index (κ1) is 26.0. The number of aromatic hydroxyl groups is 2. The summed E-state index contributed by atoms with van der Waals surface area (Å²) >= 11 is 0. The van der Waals surface area contributed by atoms with E-state index in [1.165, 1.54) is 0 Å². The minimum absolute atomic E-state index is 0.203. The first-order valence-electron chi connectivity index (χ1n) is 15.6. The molecule has 0 amide bonds. The molecule has 0 fully saturated rings. The Labute approximate surface area is 269 Å². The van der Waals surface area contributed by atoms with Crippen molar-refractivity contribution >= 4 is 78.0 Å². The third kappa shape index (κ3) is 3.69.